The largest absolute Gasteiger partial charge is 0.283 e. The molecule has 1 aromatic heterocycles. The van der Waals surface area contributed by atoms with Crippen molar-refractivity contribution in [2.24, 2.45) is 10.1 Å². The summed E-state index contributed by atoms with van der Waals surface area (Å²) in [6.45, 7) is 2.07. The highest BCUT2D eigenvalue weighted by Gasteiger charge is 2.35. The van der Waals surface area contributed by atoms with Crippen LogP contribution in [0.3, 0.4) is 0 Å². The number of thioether (sulfide) groups is 1. The molecule has 102 valence electrons. The molecule has 0 bridgehead atoms. The summed E-state index contributed by atoms with van der Waals surface area (Å²) < 4.78 is 0. The predicted molar refractivity (Wildman–Crippen MR) is 84.2 cm³/mol. The van der Waals surface area contributed by atoms with E-state index in [-0.39, 0.29) is 11.7 Å². The van der Waals surface area contributed by atoms with E-state index in [2.05, 4.69) is 17.0 Å². The third-order valence-corrected chi connectivity index (χ3v) is 4.58. The first-order chi connectivity index (χ1) is 9.69. The van der Waals surface area contributed by atoms with E-state index in [4.69, 9.17) is 5.41 Å². The maximum absolute atomic E-state index is 12.1. The van der Waals surface area contributed by atoms with Crippen molar-refractivity contribution in [2.75, 3.05) is 0 Å². The van der Waals surface area contributed by atoms with Gasteiger partial charge in [0.2, 0.25) is 5.17 Å². The van der Waals surface area contributed by atoms with Crippen LogP contribution in [0.15, 0.2) is 33.2 Å². The molecule has 2 aliphatic heterocycles. The van der Waals surface area contributed by atoms with Gasteiger partial charge in [-0.15, -0.1) is 11.3 Å². The van der Waals surface area contributed by atoms with Crippen LogP contribution < -0.4 is 0 Å². The molecule has 1 aromatic rings. The summed E-state index contributed by atoms with van der Waals surface area (Å²) in [6, 6.07) is 3.81. The van der Waals surface area contributed by atoms with Crippen LogP contribution >= 0.6 is 23.1 Å². The quantitative estimate of drug-likeness (QED) is 0.872. The number of nitrogens with zero attached hydrogens (tertiary/aromatic N) is 3. The second-order valence-corrected chi connectivity index (χ2v) is 6.30. The van der Waals surface area contributed by atoms with Crippen LogP contribution in [-0.2, 0) is 4.79 Å². The third kappa shape index (κ3) is 2.34. The number of hydrazone groups is 1. The van der Waals surface area contributed by atoms with E-state index >= 15 is 0 Å². The van der Waals surface area contributed by atoms with E-state index in [1.807, 2.05) is 17.5 Å². The van der Waals surface area contributed by atoms with Crippen LogP contribution in [-0.4, -0.2) is 27.0 Å². The average molecular weight is 304 g/mol. The number of hydrogen-bond donors (Lipinski definition) is 1. The maximum Gasteiger partial charge on any atom is 0.283 e. The lowest BCUT2D eigenvalue weighted by Gasteiger charge is -2.19. The number of amides is 1. The minimum absolute atomic E-state index is 0.104. The SMILES string of the molecule is CCCC1=NN2C(=N)/C(=C/c3cccs3)C(=O)N=C2S1. The lowest BCUT2D eigenvalue weighted by atomic mass is 10.1. The van der Waals surface area contributed by atoms with Crippen LogP contribution in [0.1, 0.15) is 24.6 Å². The Bertz CT molecular complexity index is 658. The van der Waals surface area contributed by atoms with E-state index in [1.54, 1.807) is 6.08 Å². The van der Waals surface area contributed by atoms with E-state index in [0.29, 0.717) is 10.7 Å². The number of nitrogens with one attached hydrogen (secondary N) is 1. The number of amidine groups is 2. The second-order valence-electron chi connectivity index (χ2n) is 4.28. The molecule has 0 unspecified atom stereocenters. The Hall–Kier alpha value is -1.73. The summed E-state index contributed by atoms with van der Waals surface area (Å²) in [7, 11) is 0. The van der Waals surface area contributed by atoms with Gasteiger partial charge in [-0.3, -0.25) is 10.2 Å². The molecule has 0 fully saturated rings. The summed E-state index contributed by atoms with van der Waals surface area (Å²) in [6.07, 6.45) is 3.52. The number of carbonyl (C=O) groups excluding carboxylic acids is 1. The van der Waals surface area contributed by atoms with Crippen molar-refractivity contribution in [1.29, 1.82) is 5.41 Å². The number of fused-ring (bicyclic) bond motifs is 1. The van der Waals surface area contributed by atoms with Gasteiger partial charge in [0.15, 0.2) is 5.84 Å². The molecule has 20 heavy (non-hydrogen) atoms. The number of rotatable bonds is 3. The monoisotopic (exact) mass is 304 g/mol. The molecule has 1 N–H and O–H groups in total. The Labute approximate surface area is 124 Å². The lowest BCUT2D eigenvalue weighted by Crippen LogP contribution is -2.35. The fraction of sp³-hybridized carbons (Fsp3) is 0.231. The second kappa shape index (κ2) is 5.34. The molecule has 0 spiro atoms. The van der Waals surface area contributed by atoms with Crippen molar-refractivity contribution in [3.63, 3.8) is 0 Å². The van der Waals surface area contributed by atoms with Gasteiger partial charge in [-0.05, 0) is 42.1 Å². The molecule has 3 rings (SSSR count). The zero-order valence-corrected chi connectivity index (χ0v) is 12.4. The first kappa shape index (κ1) is 13.3. The van der Waals surface area contributed by atoms with Gasteiger partial charge in [0.1, 0.15) is 5.04 Å². The molecule has 0 atom stereocenters. The Kier molecular flexibility index (Phi) is 3.54. The first-order valence-corrected chi connectivity index (χ1v) is 7.91. The normalized spacial score (nSPS) is 20.2. The van der Waals surface area contributed by atoms with E-state index < -0.39 is 0 Å². The zero-order chi connectivity index (χ0) is 14.1. The molecule has 0 aromatic carbocycles. The van der Waals surface area contributed by atoms with Crippen LogP contribution in [0.25, 0.3) is 6.08 Å². The fourth-order valence-electron chi connectivity index (χ4n) is 1.86. The topological polar surface area (TPSA) is 68.9 Å². The maximum atomic E-state index is 12.1. The Morgan fingerprint density at radius 3 is 3.05 bits per heavy atom. The van der Waals surface area contributed by atoms with E-state index in [0.717, 1.165) is 22.8 Å². The van der Waals surface area contributed by atoms with Crippen LogP contribution in [0, 0.1) is 5.41 Å². The Balaban J connectivity index is 1.94. The van der Waals surface area contributed by atoms with Crippen molar-refractivity contribution in [3.8, 4) is 0 Å². The van der Waals surface area contributed by atoms with E-state index in [1.165, 1.54) is 28.1 Å². The smallest absolute Gasteiger partial charge is 0.282 e. The molecule has 2 aliphatic rings. The van der Waals surface area contributed by atoms with Crippen LogP contribution in [0.5, 0.6) is 0 Å². The van der Waals surface area contributed by atoms with E-state index in [9.17, 15) is 4.79 Å². The van der Waals surface area contributed by atoms with Gasteiger partial charge in [-0.25, -0.2) is 0 Å². The highest BCUT2D eigenvalue weighted by molar-refractivity contribution is 8.26. The number of aliphatic imine (C=N–C) groups is 1. The standard InChI is InChI=1S/C13H12N4OS2/c1-2-4-10-16-17-11(14)9(7-8-5-3-6-19-8)12(18)15-13(17)20-10/h3,5-7,14H,2,4H2,1H3/b9-7-,14-11?. The van der Waals surface area contributed by atoms with Crippen molar-refractivity contribution in [2.45, 2.75) is 19.8 Å². The molecule has 1 amide bonds. The number of carbonyl (C=O) groups is 1. The lowest BCUT2D eigenvalue weighted by molar-refractivity contribution is -0.114. The van der Waals surface area contributed by atoms with Crippen molar-refractivity contribution in [3.05, 3.63) is 28.0 Å². The molecule has 5 nitrogen and oxygen atoms in total. The summed E-state index contributed by atoms with van der Waals surface area (Å²) in [5.41, 5.74) is 0.290. The summed E-state index contributed by atoms with van der Waals surface area (Å²) in [5, 5.41) is 17.3. The third-order valence-electron chi connectivity index (χ3n) is 2.79. The minimum atomic E-state index is -0.366. The van der Waals surface area contributed by atoms with Gasteiger partial charge in [0, 0.05) is 4.88 Å². The molecule has 0 radical (unpaired) electrons. The van der Waals surface area contributed by atoms with Gasteiger partial charge in [-0.1, -0.05) is 13.0 Å². The number of hydrogen-bond acceptors (Lipinski definition) is 5. The van der Waals surface area contributed by atoms with Gasteiger partial charge < -0.3 is 0 Å². The Morgan fingerprint density at radius 2 is 2.35 bits per heavy atom. The van der Waals surface area contributed by atoms with Crippen molar-refractivity contribution in [1.82, 2.24) is 5.01 Å². The molecule has 0 saturated carbocycles. The van der Waals surface area contributed by atoms with Crippen LogP contribution in [0.2, 0.25) is 0 Å². The first-order valence-electron chi connectivity index (χ1n) is 6.21. The highest BCUT2D eigenvalue weighted by atomic mass is 32.2. The molecular weight excluding hydrogens is 292 g/mol. The average Bonchev–Trinajstić information content (AvgIpc) is 3.04. The highest BCUT2D eigenvalue weighted by Crippen LogP contribution is 2.30. The molecule has 7 heteroatoms. The fourth-order valence-corrected chi connectivity index (χ4v) is 3.51. The summed E-state index contributed by atoms with van der Waals surface area (Å²) in [5.74, 6) is -0.262. The van der Waals surface area contributed by atoms with Crippen molar-refractivity contribution >= 4 is 51.1 Å². The van der Waals surface area contributed by atoms with Crippen molar-refractivity contribution < 1.29 is 4.79 Å². The van der Waals surface area contributed by atoms with Gasteiger partial charge >= 0.3 is 0 Å². The molecule has 3 heterocycles. The summed E-state index contributed by atoms with van der Waals surface area (Å²) >= 11 is 2.90. The number of thiophene rings is 1. The van der Waals surface area contributed by atoms with Gasteiger partial charge in [0.25, 0.3) is 5.91 Å². The zero-order valence-electron chi connectivity index (χ0n) is 10.8. The summed E-state index contributed by atoms with van der Waals surface area (Å²) in [4.78, 5) is 17.0. The van der Waals surface area contributed by atoms with Gasteiger partial charge in [-0.2, -0.15) is 15.1 Å². The van der Waals surface area contributed by atoms with Crippen LogP contribution in [0.4, 0.5) is 0 Å². The van der Waals surface area contributed by atoms with Gasteiger partial charge in [0.05, 0.1) is 5.57 Å². The molecular formula is C13H12N4OS2. The molecule has 0 aliphatic carbocycles. The predicted octanol–water partition coefficient (Wildman–Crippen LogP) is 3.17. The Morgan fingerprint density at radius 1 is 1.50 bits per heavy atom. The minimum Gasteiger partial charge on any atom is -0.282 e. The molecule has 0 saturated heterocycles.